The molecule has 0 bridgehead atoms. The summed E-state index contributed by atoms with van der Waals surface area (Å²) in [5.41, 5.74) is 5.31. The van der Waals surface area contributed by atoms with Crippen LogP contribution in [0.5, 0.6) is 0 Å². The SMILES string of the molecule is C[C@@H](CO)NC(=O)c1cc(-c2cnc3[nH]c(C4=CCN(C)CC4)cc3c2)cs1. The minimum atomic E-state index is -0.261. The highest BCUT2D eigenvalue weighted by Gasteiger charge is 2.15. The van der Waals surface area contributed by atoms with Gasteiger partial charge in [-0.25, -0.2) is 4.98 Å². The van der Waals surface area contributed by atoms with Gasteiger partial charge in [-0.15, -0.1) is 11.3 Å². The van der Waals surface area contributed by atoms with Crippen LogP contribution in [0.15, 0.2) is 35.9 Å². The van der Waals surface area contributed by atoms with E-state index in [4.69, 9.17) is 5.11 Å². The minimum Gasteiger partial charge on any atom is -0.394 e. The van der Waals surface area contributed by atoms with Gasteiger partial charge < -0.3 is 20.3 Å². The molecule has 0 aliphatic carbocycles. The van der Waals surface area contributed by atoms with Crippen LogP contribution in [0.25, 0.3) is 27.7 Å². The molecule has 1 aliphatic heterocycles. The summed E-state index contributed by atoms with van der Waals surface area (Å²) >= 11 is 1.40. The number of carbonyl (C=O) groups excluding carboxylic acids is 1. The van der Waals surface area contributed by atoms with Crippen LogP contribution in [0.3, 0.4) is 0 Å². The molecule has 3 N–H and O–H groups in total. The molecule has 28 heavy (non-hydrogen) atoms. The number of rotatable bonds is 5. The van der Waals surface area contributed by atoms with Crippen LogP contribution < -0.4 is 5.32 Å². The fourth-order valence-corrected chi connectivity index (χ4v) is 4.13. The molecule has 0 saturated carbocycles. The molecule has 3 aromatic heterocycles. The quantitative estimate of drug-likeness (QED) is 0.619. The molecule has 6 nitrogen and oxygen atoms in total. The Labute approximate surface area is 167 Å². The number of aliphatic hydroxyl groups excluding tert-OH is 1. The summed E-state index contributed by atoms with van der Waals surface area (Å²) in [4.78, 5) is 23.2. The first-order valence-corrected chi connectivity index (χ1v) is 10.3. The first-order valence-electron chi connectivity index (χ1n) is 9.41. The number of hydrogen-bond acceptors (Lipinski definition) is 5. The molecular weight excluding hydrogens is 372 g/mol. The Morgan fingerprint density at radius 3 is 3.00 bits per heavy atom. The molecular formula is C21H24N4O2S. The Hall–Kier alpha value is -2.48. The molecule has 1 amide bonds. The number of thiophene rings is 1. The summed E-state index contributed by atoms with van der Waals surface area (Å²) < 4.78 is 0. The van der Waals surface area contributed by atoms with Crippen LogP contribution in [-0.4, -0.2) is 58.7 Å². The van der Waals surface area contributed by atoms with Gasteiger partial charge in [-0.3, -0.25) is 4.79 Å². The number of nitrogens with one attached hydrogen (secondary N) is 2. The number of hydrogen-bond donors (Lipinski definition) is 3. The van der Waals surface area contributed by atoms with Crippen molar-refractivity contribution in [3.63, 3.8) is 0 Å². The molecule has 0 saturated heterocycles. The van der Waals surface area contributed by atoms with Gasteiger partial charge in [0.05, 0.1) is 11.5 Å². The molecule has 146 valence electrons. The molecule has 0 fully saturated rings. The van der Waals surface area contributed by atoms with E-state index in [1.54, 1.807) is 6.92 Å². The Bertz CT molecular complexity index is 1040. The van der Waals surface area contributed by atoms with E-state index in [2.05, 4.69) is 45.4 Å². The smallest absolute Gasteiger partial charge is 0.261 e. The van der Waals surface area contributed by atoms with Crippen molar-refractivity contribution in [1.29, 1.82) is 0 Å². The highest BCUT2D eigenvalue weighted by Crippen LogP contribution is 2.30. The first kappa shape index (κ1) is 18.9. The molecule has 0 spiro atoms. The summed E-state index contributed by atoms with van der Waals surface area (Å²) in [5, 5.41) is 14.9. The Morgan fingerprint density at radius 2 is 2.25 bits per heavy atom. The summed E-state index contributed by atoms with van der Waals surface area (Å²) in [7, 11) is 2.13. The molecule has 3 aromatic rings. The second-order valence-corrected chi connectivity index (χ2v) is 8.25. The number of fused-ring (bicyclic) bond motifs is 1. The number of aliphatic hydroxyl groups is 1. The molecule has 4 heterocycles. The lowest BCUT2D eigenvalue weighted by molar-refractivity contribution is 0.0926. The lowest BCUT2D eigenvalue weighted by Crippen LogP contribution is -2.34. The third kappa shape index (κ3) is 3.87. The largest absolute Gasteiger partial charge is 0.394 e. The third-order valence-electron chi connectivity index (χ3n) is 5.04. The summed E-state index contributed by atoms with van der Waals surface area (Å²) in [6, 6.07) is 5.88. The Morgan fingerprint density at radius 1 is 1.39 bits per heavy atom. The van der Waals surface area contributed by atoms with Crippen molar-refractivity contribution in [3.05, 3.63) is 46.4 Å². The second kappa shape index (κ2) is 7.87. The van der Waals surface area contributed by atoms with Crippen LogP contribution >= 0.6 is 11.3 Å². The zero-order valence-corrected chi connectivity index (χ0v) is 16.8. The number of H-pyrrole nitrogens is 1. The number of nitrogens with zero attached hydrogens (tertiary/aromatic N) is 2. The number of carbonyl (C=O) groups is 1. The van der Waals surface area contributed by atoms with E-state index < -0.39 is 0 Å². The van der Waals surface area contributed by atoms with E-state index in [0.717, 1.165) is 47.4 Å². The fraction of sp³-hybridized carbons (Fsp3) is 0.333. The number of amides is 1. The summed E-state index contributed by atoms with van der Waals surface area (Å²) in [6.45, 7) is 3.73. The van der Waals surface area contributed by atoms with Crippen molar-refractivity contribution in [2.75, 3.05) is 26.7 Å². The predicted octanol–water partition coefficient (Wildman–Crippen LogP) is 3.12. The van der Waals surface area contributed by atoms with Crippen LogP contribution in [0.1, 0.15) is 28.7 Å². The number of aromatic amines is 1. The predicted molar refractivity (Wildman–Crippen MR) is 114 cm³/mol. The third-order valence-corrected chi connectivity index (χ3v) is 5.97. The van der Waals surface area contributed by atoms with Crippen molar-refractivity contribution in [1.82, 2.24) is 20.2 Å². The van der Waals surface area contributed by atoms with Crippen LogP contribution in [0.2, 0.25) is 0 Å². The molecule has 0 aromatic carbocycles. The van der Waals surface area contributed by atoms with Crippen LogP contribution in [0.4, 0.5) is 0 Å². The van der Waals surface area contributed by atoms with Crippen molar-refractivity contribution in [2.45, 2.75) is 19.4 Å². The van der Waals surface area contributed by atoms with Gasteiger partial charge >= 0.3 is 0 Å². The standard InChI is InChI=1S/C21H24N4O2S/c1-13(11-26)23-21(27)19-9-17(12-28-19)16-7-15-8-18(24-20(15)22-10-16)14-3-5-25(2)6-4-14/h3,7-10,12-13,26H,4-6,11H2,1-2H3,(H,22,24)(H,23,27)/t13-/m0/s1. The average Bonchev–Trinajstić information content (AvgIpc) is 3.35. The van der Waals surface area contributed by atoms with Crippen LogP contribution in [-0.2, 0) is 0 Å². The lowest BCUT2D eigenvalue weighted by Gasteiger charge is -2.21. The number of likely N-dealkylation sites (N-methyl/N-ethyl adjacent to an activating group) is 1. The van der Waals surface area contributed by atoms with Crippen molar-refractivity contribution >= 4 is 33.9 Å². The highest BCUT2D eigenvalue weighted by atomic mass is 32.1. The molecule has 4 rings (SSSR count). The Balaban J connectivity index is 1.58. The van der Waals surface area contributed by atoms with E-state index in [9.17, 15) is 4.79 Å². The number of aromatic nitrogens is 2. The second-order valence-electron chi connectivity index (χ2n) is 7.34. The molecule has 0 radical (unpaired) electrons. The van der Waals surface area contributed by atoms with Gasteiger partial charge in [0, 0.05) is 42.0 Å². The molecule has 1 atom stereocenters. The first-order chi connectivity index (χ1) is 13.5. The summed E-state index contributed by atoms with van der Waals surface area (Å²) in [5.74, 6) is -0.162. The van der Waals surface area contributed by atoms with E-state index in [1.165, 1.54) is 16.9 Å². The summed E-state index contributed by atoms with van der Waals surface area (Å²) in [6.07, 6.45) is 5.14. The minimum absolute atomic E-state index is 0.0763. The van der Waals surface area contributed by atoms with E-state index in [-0.39, 0.29) is 18.6 Å². The highest BCUT2D eigenvalue weighted by molar-refractivity contribution is 7.12. The van der Waals surface area contributed by atoms with Crippen LogP contribution in [0, 0.1) is 0 Å². The number of pyridine rings is 1. The normalized spacial score (nSPS) is 16.2. The monoisotopic (exact) mass is 396 g/mol. The van der Waals surface area contributed by atoms with Gasteiger partial charge in [0.25, 0.3) is 5.91 Å². The van der Waals surface area contributed by atoms with Crippen molar-refractivity contribution < 1.29 is 9.90 Å². The molecule has 0 unspecified atom stereocenters. The maximum absolute atomic E-state index is 12.2. The lowest BCUT2D eigenvalue weighted by atomic mass is 10.0. The maximum Gasteiger partial charge on any atom is 0.261 e. The van der Waals surface area contributed by atoms with Gasteiger partial charge in [0.1, 0.15) is 5.65 Å². The van der Waals surface area contributed by atoms with E-state index in [0.29, 0.717) is 4.88 Å². The zero-order chi connectivity index (χ0) is 19.7. The van der Waals surface area contributed by atoms with E-state index in [1.807, 2.05) is 17.6 Å². The average molecular weight is 397 g/mol. The zero-order valence-electron chi connectivity index (χ0n) is 16.0. The Kier molecular flexibility index (Phi) is 5.30. The van der Waals surface area contributed by atoms with Gasteiger partial charge in [0.2, 0.25) is 0 Å². The van der Waals surface area contributed by atoms with Gasteiger partial charge in [-0.05, 0) is 55.1 Å². The van der Waals surface area contributed by atoms with Crippen molar-refractivity contribution in [3.8, 4) is 11.1 Å². The van der Waals surface area contributed by atoms with Gasteiger partial charge in [-0.2, -0.15) is 0 Å². The molecule has 7 heteroatoms. The van der Waals surface area contributed by atoms with E-state index >= 15 is 0 Å². The maximum atomic E-state index is 12.2. The topological polar surface area (TPSA) is 81.2 Å². The fourth-order valence-electron chi connectivity index (χ4n) is 3.31. The van der Waals surface area contributed by atoms with Crippen molar-refractivity contribution in [2.24, 2.45) is 0 Å². The molecule has 1 aliphatic rings. The van der Waals surface area contributed by atoms with Gasteiger partial charge in [-0.1, -0.05) is 6.08 Å². The van der Waals surface area contributed by atoms with Gasteiger partial charge in [0.15, 0.2) is 0 Å².